The van der Waals surface area contributed by atoms with E-state index in [0.29, 0.717) is 17.6 Å². The van der Waals surface area contributed by atoms with Gasteiger partial charge in [-0.05, 0) is 0 Å². The Morgan fingerprint density at radius 3 is 2.58 bits per heavy atom. The number of hydrogen-bond donors (Lipinski definition) is 0. The van der Waals surface area contributed by atoms with Gasteiger partial charge in [-0.2, -0.15) is 4.98 Å². The van der Waals surface area contributed by atoms with Crippen LogP contribution < -0.4 is 0 Å². The maximum Gasteiger partial charge on any atom is 0.277 e. The van der Waals surface area contributed by atoms with Crippen molar-refractivity contribution in [2.45, 2.75) is 19.8 Å². The fraction of sp³-hybridized carbons (Fsp3) is 0.214. The van der Waals surface area contributed by atoms with Gasteiger partial charge in [0, 0.05) is 16.9 Å². The predicted octanol–water partition coefficient (Wildman–Crippen LogP) is 3.98. The number of nitrogens with zero attached hydrogens (tertiary/aromatic N) is 3. The Bertz CT molecular complexity index is 673. The van der Waals surface area contributed by atoms with E-state index in [4.69, 9.17) is 4.52 Å². The van der Waals surface area contributed by atoms with Gasteiger partial charge in [-0.25, -0.2) is 4.98 Å². The van der Waals surface area contributed by atoms with Crippen molar-refractivity contribution in [3.05, 3.63) is 40.7 Å². The van der Waals surface area contributed by atoms with Crippen LogP contribution in [-0.4, -0.2) is 15.1 Å². The molecule has 3 rings (SSSR count). The number of rotatable bonds is 3. The molecule has 0 saturated heterocycles. The summed E-state index contributed by atoms with van der Waals surface area (Å²) in [5.41, 5.74) is 1.69. The number of thiazole rings is 1. The molecule has 0 unspecified atom stereocenters. The largest absolute Gasteiger partial charge is 0.332 e. The van der Waals surface area contributed by atoms with Crippen LogP contribution >= 0.6 is 11.3 Å². The minimum atomic E-state index is 0.412. The van der Waals surface area contributed by atoms with Crippen LogP contribution in [0.2, 0.25) is 0 Å². The highest BCUT2D eigenvalue weighted by Gasteiger charge is 2.14. The third kappa shape index (κ3) is 2.42. The van der Waals surface area contributed by atoms with Crippen molar-refractivity contribution in [1.82, 2.24) is 15.1 Å². The van der Waals surface area contributed by atoms with Crippen LogP contribution in [0.1, 0.15) is 24.8 Å². The van der Waals surface area contributed by atoms with Gasteiger partial charge in [-0.15, -0.1) is 11.3 Å². The van der Waals surface area contributed by atoms with E-state index < -0.39 is 0 Å². The van der Waals surface area contributed by atoms with E-state index in [1.54, 1.807) is 11.3 Å². The maximum absolute atomic E-state index is 5.28. The Hall–Kier alpha value is -2.01. The van der Waals surface area contributed by atoms with E-state index in [2.05, 4.69) is 29.0 Å². The highest BCUT2D eigenvalue weighted by Crippen LogP contribution is 2.26. The highest BCUT2D eigenvalue weighted by molar-refractivity contribution is 7.10. The van der Waals surface area contributed by atoms with Crippen molar-refractivity contribution >= 4 is 11.3 Å². The Morgan fingerprint density at radius 2 is 1.89 bits per heavy atom. The average molecular weight is 271 g/mol. The number of aromatic nitrogens is 3. The fourth-order valence-electron chi connectivity index (χ4n) is 1.68. The van der Waals surface area contributed by atoms with Crippen LogP contribution in [0.15, 0.2) is 40.2 Å². The average Bonchev–Trinajstić information content (AvgIpc) is 3.09. The molecule has 0 atom stereocenters. The zero-order valence-corrected chi connectivity index (χ0v) is 11.5. The third-order valence-electron chi connectivity index (χ3n) is 2.69. The van der Waals surface area contributed by atoms with Gasteiger partial charge in [0.05, 0.1) is 5.01 Å². The van der Waals surface area contributed by atoms with Crippen LogP contribution in [0, 0.1) is 0 Å². The molecule has 0 N–H and O–H groups in total. The minimum Gasteiger partial charge on any atom is -0.332 e. The van der Waals surface area contributed by atoms with E-state index in [9.17, 15) is 0 Å². The van der Waals surface area contributed by atoms with E-state index >= 15 is 0 Å². The summed E-state index contributed by atoms with van der Waals surface area (Å²) >= 11 is 1.62. The van der Waals surface area contributed by atoms with Gasteiger partial charge < -0.3 is 4.52 Å². The Kier molecular flexibility index (Phi) is 3.13. The summed E-state index contributed by atoms with van der Waals surface area (Å²) in [6.45, 7) is 4.23. The molecule has 1 aromatic carbocycles. The highest BCUT2D eigenvalue weighted by atomic mass is 32.1. The van der Waals surface area contributed by atoms with Gasteiger partial charge in [0.15, 0.2) is 0 Å². The second-order valence-corrected chi connectivity index (χ2v) is 5.40. The third-order valence-corrected chi connectivity index (χ3v) is 3.84. The topological polar surface area (TPSA) is 51.8 Å². The monoisotopic (exact) mass is 271 g/mol. The molecule has 0 fully saturated rings. The first-order valence-corrected chi connectivity index (χ1v) is 6.97. The molecule has 0 aliphatic heterocycles. The number of benzene rings is 1. The second-order valence-electron chi connectivity index (χ2n) is 4.51. The van der Waals surface area contributed by atoms with E-state index in [1.807, 2.05) is 35.7 Å². The van der Waals surface area contributed by atoms with Crippen LogP contribution in [0.4, 0.5) is 0 Å². The van der Waals surface area contributed by atoms with Crippen molar-refractivity contribution < 1.29 is 4.52 Å². The fourth-order valence-corrected chi connectivity index (χ4v) is 2.49. The summed E-state index contributed by atoms with van der Waals surface area (Å²) in [6.07, 6.45) is 0. The first kappa shape index (κ1) is 12.0. The zero-order valence-electron chi connectivity index (χ0n) is 10.7. The molecule has 0 saturated carbocycles. The van der Waals surface area contributed by atoms with E-state index in [-0.39, 0.29) is 0 Å². The van der Waals surface area contributed by atoms with E-state index in [1.165, 1.54) is 0 Å². The molecule has 2 heterocycles. The molecule has 2 aromatic heterocycles. The van der Waals surface area contributed by atoms with Crippen molar-refractivity contribution in [1.29, 1.82) is 0 Å². The summed E-state index contributed by atoms with van der Waals surface area (Å²) in [5, 5.41) is 7.03. The quantitative estimate of drug-likeness (QED) is 0.723. The van der Waals surface area contributed by atoms with E-state index in [0.717, 1.165) is 16.3 Å². The Morgan fingerprint density at radius 1 is 1.11 bits per heavy atom. The van der Waals surface area contributed by atoms with Crippen LogP contribution in [0.5, 0.6) is 0 Å². The Labute approximate surface area is 115 Å². The molecule has 19 heavy (non-hydrogen) atoms. The van der Waals surface area contributed by atoms with Crippen LogP contribution in [0.25, 0.3) is 23.0 Å². The van der Waals surface area contributed by atoms with Gasteiger partial charge in [-0.1, -0.05) is 49.3 Å². The second kappa shape index (κ2) is 4.93. The molecule has 0 bridgehead atoms. The summed E-state index contributed by atoms with van der Waals surface area (Å²) in [4.78, 5) is 8.90. The smallest absolute Gasteiger partial charge is 0.277 e. The Balaban J connectivity index is 1.92. The molecular formula is C14H13N3OS. The van der Waals surface area contributed by atoms with Gasteiger partial charge >= 0.3 is 0 Å². The van der Waals surface area contributed by atoms with Gasteiger partial charge in [-0.3, -0.25) is 0 Å². The van der Waals surface area contributed by atoms with Crippen LogP contribution in [-0.2, 0) is 0 Å². The molecule has 0 spiro atoms. The van der Waals surface area contributed by atoms with Crippen molar-refractivity contribution in [2.75, 3.05) is 0 Å². The predicted molar refractivity (Wildman–Crippen MR) is 74.9 cm³/mol. The molecule has 4 nitrogen and oxygen atoms in total. The molecule has 3 aromatic rings. The molecule has 0 aliphatic carbocycles. The van der Waals surface area contributed by atoms with Crippen molar-refractivity contribution in [3.8, 4) is 23.0 Å². The first-order valence-electron chi connectivity index (χ1n) is 6.09. The summed E-state index contributed by atoms with van der Waals surface area (Å²) in [7, 11) is 0. The van der Waals surface area contributed by atoms with Gasteiger partial charge in [0.1, 0.15) is 5.69 Å². The normalized spacial score (nSPS) is 11.1. The lowest BCUT2D eigenvalue weighted by Gasteiger charge is -1.95. The molecular weight excluding hydrogens is 258 g/mol. The lowest BCUT2D eigenvalue weighted by atomic mass is 10.2. The maximum atomic E-state index is 5.28. The minimum absolute atomic E-state index is 0.412. The molecule has 0 radical (unpaired) electrons. The van der Waals surface area contributed by atoms with Crippen LogP contribution in [0.3, 0.4) is 0 Å². The zero-order chi connectivity index (χ0) is 13.2. The molecule has 0 amide bonds. The standard InChI is InChI=1S/C14H13N3OS/c1-9(2)14-15-11(8-19-14)13-16-12(17-18-13)10-6-4-3-5-7-10/h3-9H,1-2H3. The number of hydrogen-bond acceptors (Lipinski definition) is 5. The molecule has 5 heteroatoms. The summed E-state index contributed by atoms with van der Waals surface area (Å²) < 4.78 is 5.28. The van der Waals surface area contributed by atoms with Gasteiger partial charge in [0.2, 0.25) is 5.82 Å². The lowest BCUT2D eigenvalue weighted by molar-refractivity contribution is 0.431. The van der Waals surface area contributed by atoms with Gasteiger partial charge in [0.25, 0.3) is 5.89 Å². The SMILES string of the molecule is CC(C)c1nc(-c2nc(-c3ccccc3)no2)cs1. The lowest BCUT2D eigenvalue weighted by Crippen LogP contribution is -1.85. The van der Waals surface area contributed by atoms with Crippen molar-refractivity contribution in [2.24, 2.45) is 0 Å². The molecule has 96 valence electrons. The summed E-state index contributed by atoms with van der Waals surface area (Å²) in [6, 6.07) is 9.76. The molecule has 0 aliphatic rings. The summed E-state index contributed by atoms with van der Waals surface area (Å²) in [5.74, 6) is 1.48. The first-order chi connectivity index (χ1) is 9.24. The van der Waals surface area contributed by atoms with Crippen molar-refractivity contribution in [3.63, 3.8) is 0 Å².